The molecule has 0 radical (unpaired) electrons. The molecule has 2 heterocycles. The van der Waals surface area contributed by atoms with Crippen LogP contribution in [-0.4, -0.2) is 21.7 Å². The Labute approximate surface area is 135 Å². The van der Waals surface area contributed by atoms with Gasteiger partial charge in [-0.1, -0.05) is 24.9 Å². The van der Waals surface area contributed by atoms with Crippen molar-refractivity contribution < 1.29 is 9.21 Å². The van der Waals surface area contributed by atoms with E-state index >= 15 is 0 Å². The zero-order valence-electron chi connectivity index (χ0n) is 13.2. The van der Waals surface area contributed by atoms with Crippen molar-refractivity contribution in [3.63, 3.8) is 0 Å². The van der Waals surface area contributed by atoms with Crippen molar-refractivity contribution in [2.45, 2.75) is 52.6 Å². The van der Waals surface area contributed by atoms with E-state index in [0.717, 1.165) is 25.1 Å². The number of rotatable bonds is 7. The first-order valence-corrected chi connectivity index (χ1v) is 7.96. The fourth-order valence-corrected chi connectivity index (χ4v) is 2.69. The molecule has 1 amide bonds. The second kappa shape index (κ2) is 7.49. The van der Waals surface area contributed by atoms with E-state index in [1.165, 1.54) is 0 Å². The molecule has 0 aromatic carbocycles. The average molecular weight is 324 g/mol. The van der Waals surface area contributed by atoms with Crippen molar-refractivity contribution in [2.75, 3.05) is 0 Å². The highest BCUT2D eigenvalue weighted by Crippen LogP contribution is 2.20. The fourth-order valence-electron chi connectivity index (χ4n) is 2.34. The lowest BCUT2D eigenvalue weighted by molar-refractivity contribution is 0.0938. The van der Waals surface area contributed by atoms with Gasteiger partial charge in [-0.2, -0.15) is 5.10 Å². The molecule has 0 fully saturated rings. The van der Waals surface area contributed by atoms with Gasteiger partial charge in [-0.3, -0.25) is 9.48 Å². The van der Waals surface area contributed by atoms with Gasteiger partial charge in [0.1, 0.15) is 10.9 Å². The van der Waals surface area contributed by atoms with Crippen LogP contribution in [-0.2, 0) is 13.0 Å². The lowest BCUT2D eigenvalue weighted by atomic mass is 10.1. The van der Waals surface area contributed by atoms with E-state index in [1.54, 1.807) is 17.9 Å². The van der Waals surface area contributed by atoms with E-state index < -0.39 is 0 Å². The van der Waals surface area contributed by atoms with Crippen LogP contribution >= 0.6 is 11.6 Å². The topological polar surface area (TPSA) is 60.1 Å². The van der Waals surface area contributed by atoms with Crippen molar-refractivity contribution >= 4 is 17.5 Å². The Morgan fingerprint density at radius 3 is 2.95 bits per heavy atom. The number of hydrogen-bond donors (Lipinski definition) is 1. The second-order valence-electron chi connectivity index (χ2n) is 5.49. The molecule has 1 atom stereocenters. The van der Waals surface area contributed by atoms with Gasteiger partial charge in [0.15, 0.2) is 0 Å². The molecule has 0 aliphatic heterocycles. The van der Waals surface area contributed by atoms with Crippen molar-refractivity contribution in [3.8, 4) is 0 Å². The number of halogens is 1. The van der Waals surface area contributed by atoms with Crippen LogP contribution in [0.5, 0.6) is 0 Å². The molecular weight excluding hydrogens is 302 g/mol. The standard InChI is InChI=1S/C16H22ClN3O2/c1-4-5-8-20-15(17)14(12(3)19-20)16(21)18-11(2)10-13-7-6-9-22-13/h6-7,9,11H,4-5,8,10H2,1-3H3,(H,18,21)/t11-/m0/s1. The summed E-state index contributed by atoms with van der Waals surface area (Å²) in [6.45, 7) is 6.57. The highest BCUT2D eigenvalue weighted by atomic mass is 35.5. The van der Waals surface area contributed by atoms with E-state index in [0.29, 0.717) is 22.8 Å². The summed E-state index contributed by atoms with van der Waals surface area (Å²) in [5.41, 5.74) is 1.12. The lowest BCUT2D eigenvalue weighted by Gasteiger charge is -2.12. The van der Waals surface area contributed by atoms with Gasteiger partial charge in [-0.15, -0.1) is 0 Å². The molecule has 2 aromatic heterocycles. The van der Waals surface area contributed by atoms with Crippen LogP contribution in [0.4, 0.5) is 0 Å². The van der Waals surface area contributed by atoms with Gasteiger partial charge in [0.2, 0.25) is 0 Å². The largest absolute Gasteiger partial charge is 0.469 e. The van der Waals surface area contributed by atoms with Gasteiger partial charge in [0.05, 0.1) is 17.5 Å². The number of nitrogens with zero attached hydrogens (tertiary/aromatic N) is 2. The van der Waals surface area contributed by atoms with Crippen LogP contribution in [0.3, 0.4) is 0 Å². The first kappa shape index (κ1) is 16.6. The fraction of sp³-hybridized carbons (Fsp3) is 0.500. The minimum absolute atomic E-state index is 0.0480. The molecule has 0 unspecified atom stereocenters. The molecule has 5 nitrogen and oxygen atoms in total. The first-order chi connectivity index (χ1) is 10.5. The highest BCUT2D eigenvalue weighted by Gasteiger charge is 2.21. The molecule has 0 bridgehead atoms. The number of amides is 1. The monoisotopic (exact) mass is 323 g/mol. The Morgan fingerprint density at radius 1 is 1.55 bits per heavy atom. The summed E-state index contributed by atoms with van der Waals surface area (Å²) in [4.78, 5) is 12.4. The van der Waals surface area contributed by atoms with Crippen molar-refractivity contribution in [1.29, 1.82) is 0 Å². The van der Waals surface area contributed by atoms with Gasteiger partial charge in [0, 0.05) is 19.0 Å². The number of aromatic nitrogens is 2. The average Bonchev–Trinajstić information content (AvgIpc) is 3.04. The molecule has 0 saturated carbocycles. The number of carbonyl (C=O) groups is 1. The number of carbonyl (C=O) groups excluding carboxylic acids is 1. The summed E-state index contributed by atoms with van der Waals surface area (Å²) < 4.78 is 6.99. The number of nitrogens with one attached hydrogen (secondary N) is 1. The molecule has 0 aliphatic carbocycles. The molecule has 0 spiro atoms. The molecule has 0 aliphatic rings. The van der Waals surface area contributed by atoms with E-state index in [1.807, 2.05) is 19.1 Å². The van der Waals surface area contributed by atoms with Crippen LogP contribution in [0, 0.1) is 6.92 Å². The zero-order chi connectivity index (χ0) is 16.1. The summed E-state index contributed by atoms with van der Waals surface area (Å²) in [7, 11) is 0. The van der Waals surface area contributed by atoms with Crippen molar-refractivity contribution in [1.82, 2.24) is 15.1 Å². The Hall–Kier alpha value is -1.75. The smallest absolute Gasteiger partial charge is 0.256 e. The van der Waals surface area contributed by atoms with Gasteiger partial charge >= 0.3 is 0 Å². The summed E-state index contributed by atoms with van der Waals surface area (Å²) in [6, 6.07) is 3.68. The number of aryl methyl sites for hydroxylation is 2. The number of hydrogen-bond acceptors (Lipinski definition) is 3. The van der Waals surface area contributed by atoms with Crippen molar-refractivity contribution in [2.24, 2.45) is 0 Å². The SMILES string of the molecule is CCCCn1nc(C)c(C(=O)N[C@@H](C)Cc2ccco2)c1Cl. The van der Waals surface area contributed by atoms with Crippen LogP contribution in [0.15, 0.2) is 22.8 Å². The minimum atomic E-state index is -0.190. The molecule has 22 heavy (non-hydrogen) atoms. The first-order valence-electron chi connectivity index (χ1n) is 7.59. The molecule has 2 rings (SSSR count). The number of furan rings is 1. The molecule has 120 valence electrons. The Bertz CT molecular complexity index is 620. The zero-order valence-corrected chi connectivity index (χ0v) is 14.0. The maximum Gasteiger partial charge on any atom is 0.256 e. The van der Waals surface area contributed by atoms with Gasteiger partial charge < -0.3 is 9.73 Å². The predicted octanol–water partition coefficient (Wildman–Crippen LogP) is 3.60. The van der Waals surface area contributed by atoms with E-state index in [9.17, 15) is 4.79 Å². The van der Waals surface area contributed by atoms with Crippen LogP contribution in [0.1, 0.15) is 48.5 Å². The third kappa shape index (κ3) is 3.91. The third-order valence-electron chi connectivity index (χ3n) is 3.48. The summed E-state index contributed by atoms with van der Waals surface area (Å²) in [5, 5.41) is 7.72. The van der Waals surface area contributed by atoms with E-state index in [4.69, 9.17) is 16.0 Å². The molecule has 0 saturated heterocycles. The maximum atomic E-state index is 12.4. The third-order valence-corrected chi connectivity index (χ3v) is 3.87. The lowest BCUT2D eigenvalue weighted by Crippen LogP contribution is -2.34. The highest BCUT2D eigenvalue weighted by molar-refractivity contribution is 6.33. The molecular formula is C16H22ClN3O2. The summed E-state index contributed by atoms with van der Waals surface area (Å²) in [5.74, 6) is 0.651. The van der Waals surface area contributed by atoms with Crippen LogP contribution in [0.25, 0.3) is 0 Å². The summed E-state index contributed by atoms with van der Waals surface area (Å²) in [6.07, 6.45) is 4.30. The number of unbranched alkanes of at least 4 members (excludes halogenated alkanes) is 1. The Kier molecular flexibility index (Phi) is 5.66. The Balaban J connectivity index is 2.04. The maximum absolute atomic E-state index is 12.4. The van der Waals surface area contributed by atoms with Gasteiger partial charge in [-0.25, -0.2) is 0 Å². The second-order valence-corrected chi connectivity index (χ2v) is 5.84. The molecule has 6 heteroatoms. The van der Waals surface area contributed by atoms with Gasteiger partial charge in [0.25, 0.3) is 5.91 Å². The van der Waals surface area contributed by atoms with E-state index in [2.05, 4.69) is 17.3 Å². The van der Waals surface area contributed by atoms with Crippen LogP contribution in [0.2, 0.25) is 5.15 Å². The van der Waals surface area contributed by atoms with Crippen molar-refractivity contribution in [3.05, 3.63) is 40.6 Å². The van der Waals surface area contributed by atoms with E-state index in [-0.39, 0.29) is 11.9 Å². The van der Waals surface area contributed by atoms with Crippen LogP contribution < -0.4 is 5.32 Å². The predicted molar refractivity (Wildman–Crippen MR) is 86.2 cm³/mol. The van der Waals surface area contributed by atoms with Gasteiger partial charge in [-0.05, 0) is 32.4 Å². The quantitative estimate of drug-likeness (QED) is 0.847. The molecule has 1 N–H and O–H groups in total. The Morgan fingerprint density at radius 2 is 2.32 bits per heavy atom. The minimum Gasteiger partial charge on any atom is -0.469 e. The normalized spacial score (nSPS) is 12.4. The molecule has 2 aromatic rings. The summed E-state index contributed by atoms with van der Waals surface area (Å²) >= 11 is 6.31.